The maximum Gasteiger partial charge on any atom is 0.251 e. The van der Waals surface area contributed by atoms with Crippen molar-refractivity contribution in [1.82, 2.24) is 10.6 Å². The van der Waals surface area contributed by atoms with Crippen molar-refractivity contribution < 1.29 is 4.79 Å². The molecule has 27 heavy (non-hydrogen) atoms. The van der Waals surface area contributed by atoms with E-state index < -0.39 is 0 Å². The smallest absolute Gasteiger partial charge is 0.251 e. The minimum atomic E-state index is -0.101. The first-order chi connectivity index (χ1) is 13.0. The van der Waals surface area contributed by atoms with Gasteiger partial charge in [0.05, 0.1) is 10.0 Å². The van der Waals surface area contributed by atoms with E-state index in [0.29, 0.717) is 15.6 Å². The Bertz CT molecular complexity index is 809. The molecule has 2 aromatic rings. The lowest BCUT2D eigenvalue weighted by atomic mass is 9.88. The third-order valence-corrected chi connectivity index (χ3v) is 6.12. The van der Waals surface area contributed by atoms with Crippen molar-refractivity contribution in [2.75, 3.05) is 0 Å². The molecular formula is C22H26Cl2N2O. The summed E-state index contributed by atoms with van der Waals surface area (Å²) in [4.78, 5) is 12.7. The minimum absolute atomic E-state index is 0.101. The van der Waals surface area contributed by atoms with Crippen molar-refractivity contribution in [1.29, 1.82) is 0 Å². The molecule has 5 heteroatoms. The molecule has 144 valence electrons. The number of nitrogens with one attached hydrogen (secondary N) is 2. The van der Waals surface area contributed by atoms with Crippen molar-refractivity contribution in [2.24, 2.45) is 0 Å². The maximum absolute atomic E-state index is 12.7. The first-order valence-corrected chi connectivity index (χ1v) is 10.3. The number of hydrogen-bond donors (Lipinski definition) is 2. The zero-order valence-electron chi connectivity index (χ0n) is 15.8. The van der Waals surface area contributed by atoms with Gasteiger partial charge in [0.15, 0.2) is 0 Å². The summed E-state index contributed by atoms with van der Waals surface area (Å²) in [5.41, 5.74) is 3.13. The van der Waals surface area contributed by atoms with E-state index in [1.165, 1.54) is 17.5 Å². The number of hydrogen-bond acceptors (Lipinski definition) is 2. The highest BCUT2D eigenvalue weighted by Crippen LogP contribution is 2.25. The quantitative estimate of drug-likeness (QED) is 0.671. The first kappa shape index (κ1) is 20.2. The van der Waals surface area contributed by atoms with Crippen molar-refractivity contribution >= 4 is 29.1 Å². The predicted octanol–water partition coefficient (Wildman–Crippen LogP) is 5.69. The molecular weight excluding hydrogens is 379 g/mol. The second-order valence-corrected chi connectivity index (χ2v) is 8.16. The van der Waals surface area contributed by atoms with Gasteiger partial charge in [0.25, 0.3) is 5.91 Å². The van der Waals surface area contributed by atoms with E-state index >= 15 is 0 Å². The van der Waals surface area contributed by atoms with Gasteiger partial charge in [-0.25, -0.2) is 0 Å². The van der Waals surface area contributed by atoms with Crippen molar-refractivity contribution in [3.63, 3.8) is 0 Å². The number of amides is 1. The normalized spacial score (nSPS) is 20.9. The molecule has 3 rings (SSSR count). The first-order valence-electron chi connectivity index (χ1n) is 9.53. The Hall–Kier alpha value is -1.55. The fraction of sp³-hybridized carbons (Fsp3) is 0.409. The number of carbonyl (C=O) groups excluding carboxylic acids is 1. The molecule has 3 nitrogen and oxygen atoms in total. The van der Waals surface area contributed by atoms with Gasteiger partial charge in [-0.1, -0.05) is 60.3 Å². The van der Waals surface area contributed by atoms with Gasteiger partial charge in [-0.05, 0) is 56.0 Å². The second-order valence-electron chi connectivity index (χ2n) is 7.34. The highest BCUT2D eigenvalue weighted by Gasteiger charge is 2.28. The van der Waals surface area contributed by atoms with Crippen LogP contribution in [0.4, 0.5) is 0 Å². The monoisotopic (exact) mass is 404 g/mol. The van der Waals surface area contributed by atoms with Gasteiger partial charge in [-0.3, -0.25) is 4.79 Å². The zero-order valence-corrected chi connectivity index (χ0v) is 17.3. The molecule has 0 spiro atoms. The van der Waals surface area contributed by atoms with E-state index in [4.69, 9.17) is 23.2 Å². The Morgan fingerprint density at radius 3 is 2.44 bits per heavy atom. The van der Waals surface area contributed by atoms with Crippen LogP contribution in [0.15, 0.2) is 42.5 Å². The summed E-state index contributed by atoms with van der Waals surface area (Å²) in [5, 5.41) is 7.80. The third kappa shape index (κ3) is 5.04. The van der Waals surface area contributed by atoms with Gasteiger partial charge < -0.3 is 10.6 Å². The molecule has 2 aromatic carbocycles. The van der Waals surface area contributed by atoms with Crippen LogP contribution in [0.5, 0.6) is 0 Å². The molecule has 0 aliphatic heterocycles. The van der Waals surface area contributed by atoms with E-state index in [0.717, 1.165) is 19.3 Å². The molecule has 0 saturated heterocycles. The third-order valence-electron chi connectivity index (χ3n) is 5.38. The molecule has 1 aliphatic rings. The summed E-state index contributed by atoms with van der Waals surface area (Å²) in [6.07, 6.45) is 4.34. The average Bonchev–Trinajstić information content (AvgIpc) is 2.65. The molecule has 1 amide bonds. The van der Waals surface area contributed by atoms with Gasteiger partial charge in [0.1, 0.15) is 0 Å². The second kappa shape index (κ2) is 9.09. The lowest BCUT2D eigenvalue weighted by Gasteiger charge is -2.35. The average molecular weight is 405 g/mol. The van der Waals surface area contributed by atoms with Crippen LogP contribution in [0.1, 0.15) is 60.1 Å². The minimum Gasteiger partial charge on any atom is -0.348 e. The highest BCUT2D eigenvalue weighted by atomic mass is 35.5. The fourth-order valence-corrected chi connectivity index (χ4v) is 4.17. The van der Waals surface area contributed by atoms with Crippen molar-refractivity contribution in [3.8, 4) is 0 Å². The van der Waals surface area contributed by atoms with E-state index in [-0.39, 0.29) is 24.0 Å². The zero-order chi connectivity index (χ0) is 19.4. The molecule has 1 fully saturated rings. The van der Waals surface area contributed by atoms with Crippen LogP contribution in [0, 0.1) is 6.92 Å². The van der Waals surface area contributed by atoms with Crippen LogP contribution >= 0.6 is 23.2 Å². The molecule has 0 aromatic heterocycles. The number of aryl methyl sites for hydroxylation is 1. The molecule has 1 saturated carbocycles. The van der Waals surface area contributed by atoms with Crippen LogP contribution in [-0.4, -0.2) is 18.0 Å². The molecule has 0 heterocycles. The van der Waals surface area contributed by atoms with Crippen LogP contribution in [-0.2, 0) is 0 Å². The lowest BCUT2D eigenvalue weighted by Crippen LogP contribution is -2.52. The number of benzene rings is 2. The predicted molar refractivity (Wildman–Crippen MR) is 113 cm³/mol. The summed E-state index contributed by atoms with van der Waals surface area (Å²) >= 11 is 12.0. The number of halogens is 2. The van der Waals surface area contributed by atoms with Crippen LogP contribution in [0.3, 0.4) is 0 Å². The number of carbonyl (C=O) groups is 1. The fourth-order valence-electron chi connectivity index (χ4n) is 3.88. The summed E-state index contributed by atoms with van der Waals surface area (Å²) < 4.78 is 0. The van der Waals surface area contributed by atoms with Crippen LogP contribution in [0.25, 0.3) is 0 Å². The standard InChI is InChI=1S/C22H26Cl2N2O/c1-14-7-3-4-8-17(14)15(2)25-20-9-5-6-10-21(20)26-22(27)16-11-12-18(23)19(24)13-16/h3-4,7-8,11-13,15,20-21,25H,5-6,9-10H2,1-2H3,(H,26,27). The molecule has 1 aliphatic carbocycles. The number of rotatable bonds is 5. The summed E-state index contributed by atoms with van der Waals surface area (Å²) in [6, 6.07) is 14.0. The van der Waals surface area contributed by atoms with Gasteiger partial charge in [0.2, 0.25) is 0 Å². The molecule has 3 unspecified atom stereocenters. The van der Waals surface area contributed by atoms with E-state index in [2.05, 4.69) is 48.7 Å². The van der Waals surface area contributed by atoms with Crippen LogP contribution < -0.4 is 10.6 Å². The Morgan fingerprint density at radius 2 is 1.74 bits per heavy atom. The molecule has 0 bridgehead atoms. The van der Waals surface area contributed by atoms with E-state index in [9.17, 15) is 4.79 Å². The summed E-state index contributed by atoms with van der Waals surface area (Å²) in [6.45, 7) is 4.33. The largest absolute Gasteiger partial charge is 0.348 e. The molecule has 2 N–H and O–H groups in total. The Labute approximate surface area is 171 Å². The topological polar surface area (TPSA) is 41.1 Å². The van der Waals surface area contributed by atoms with Crippen molar-refractivity contribution in [2.45, 2.75) is 57.7 Å². The summed E-state index contributed by atoms with van der Waals surface area (Å²) in [5.74, 6) is -0.101. The Balaban J connectivity index is 1.68. The molecule has 0 radical (unpaired) electrons. The SMILES string of the molecule is Cc1ccccc1C(C)NC1CCCCC1NC(=O)c1ccc(Cl)c(Cl)c1. The summed E-state index contributed by atoms with van der Waals surface area (Å²) in [7, 11) is 0. The molecule has 3 atom stereocenters. The van der Waals surface area contributed by atoms with Crippen LogP contribution in [0.2, 0.25) is 10.0 Å². The lowest BCUT2D eigenvalue weighted by molar-refractivity contribution is 0.0913. The van der Waals surface area contributed by atoms with Gasteiger partial charge in [0, 0.05) is 23.7 Å². The van der Waals surface area contributed by atoms with Crippen molar-refractivity contribution in [3.05, 3.63) is 69.2 Å². The van der Waals surface area contributed by atoms with Gasteiger partial charge in [-0.15, -0.1) is 0 Å². The maximum atomic E-state index is 12.7. The Morgan fingerprint density at radius 1 is 1.04 bits per heavy atom. The van der Waals surface area contributed by atoms with E-state index in [1.807, 2.05) is 0 Å². The Kier molecular flexibility index (Phi) is 6.80. The van der Waals surface area contributed by atoms with Gasteiger partial charge >= 0.3 is 0 Å². The van der Waals surface area contributed by atoms with E-state index in [1.54, 1.807) is 18.2 Å². The highest BCUT2D eigenvalue weighted by molar-refractivity contribution is 6.42. The van der Waals surface area contributed by atoms with Gasteiger partial charge in [-0.2, -0.15) is 0 Å².